The van der Waals surface area contributed by atoms with Crippen molar-refractivity contribution in [3.63, 3.8) is 0 Å². The Kier molecular flexibility index (Phi) is 6.61. The molecule has 1 aromatic carbocycles. The Balaban J connectivity index is 0.000000368. The van der Waals surface area contributed by atoms with Gasteiger partial charge in [0.1, 0.15) is 5.82 Å². The van der Waals surface area contributed by atoms with E-state index < -0.39 is 5.79 Å². The molecule has 5 heteroatoms. The highest BCUT2D eigenvalue weighted by Crippen LogP contribution is 2.31. The Hall–Kier alpha value is -1.17. The third-order valence-electron chi connectivity index (χ3n) is 4.18. The number of hydrogen-bond donors (Lipinski definition) is 3. The summed E-state index contributed by atoms with van der Waals surface area (Å²) in [7, 11) is 0. The molecule has 3 rings (SSSR count). The first kappa shape index (κ1) is 19.2. The van der Waals surface area contributed by atoms with Crippen LogP contribution in [0, 0.1) is 5.92 Å². The third-order valence-corrected chi connectivity index (χ3v) is 4.91. The lowest BCUT2D eigenvalue weighted by Gasteiger charge is -2.11. The zero-order valence-corrected chi connectivity index (χ0v) is 16.0. The number of pyridine rings is 1. The molecular formula is C19H27BrN2O2. The average molecular weight is 395 g/mol. The number of fused-ring (bicyclic) bond motifs is 1. The predicted octanol–water partition coefficient (Wildman–Crippen LogP) is 4.41. The maximum Gasteiger partial charge on any atom is 0.156 e. The van der Waals surface area contributed by atoms with Gasteiger partial charge in [-0.3, -0.25) is 0 Å². The SMILES string of the molecule is CC(C)(O)O.Nc1ccc2cc(Br)c(CCC3CCCC3)cc2n1. The summed E-state index contributed by atoms with van der Waals surface area (Å²) in [6.45, 7) is 2.60. The van der Waals surface area contributed by atoms with Crippen molar-refractivity contribution in [3.8, 4) is 0 Å². The van der Waals surface area contributed by atoms with Gasteiger partial charge in [-0.25, -0.2) is 4.98 Å². The molecule has 0 radical (unpaired) electrons. The van der Waals surface area contributed by atoms with Gasteiger partial charge < -0.3 is 15.9 Å². The van der Waals surface area contributed by atoms with Crippen molar-refractivity contribution in [2.45, 2.75) is 58.2 Å². The molecule has 2 aromatic rings. The van der Waals surface area contributed by atoms with Crippen LogP contribution in [0.3, 0.4) is 0 Å². The van der Waals surface area contributed by atoms with Crippen LogP contribution in [-0.4, -0.2) is 21.0 Å². The number of anilines is 1. The molecule has 0 amide bonds. The first-order valence-corrected chi connectivity index (χ1v) is 9.31. The van der Waals surface area contributed by atoms with Gasteiger partial charge in [0.05, 0.1) is 5.52 Å². The van der Waals surface area contributed by atoms with Crippen LogP contribution < -0.4 is 5.73 Å². The van der Waals surface area contributed by atoms with E-state index in [1.54, 1.807) is 0 Å². The van der Waals surface area contributed by atoms with Gasteiger partial charge in [0.25, 0.3) is 0 Å². The largest absolute Gasteiger partial charge is 0.384 e. The maximum atomic E-state index is 8.08. The average Bonchev–Trinajstić information content (AvgIpc) is 2.97. The highest BCUT2D eigenvalue weighted by molar-refractivity contribution is 9.10. The second-order valence-electron chi connectivity index (χ2n) is 7.06. The number of nitrogens with zero attached hydrogens (tertiary/aromatic N) is 1. The number of rotatable bonds is 3. The molecule has 0 atom stereocenters. The van der Waals surface area contributed by atoms with Gasteiger partial charge >= 0.3 is 0 Å². The number of halogens is 1. The van der Waals surface area contributed by atoms with Crippen molar-refractivity contribution in [1.82, 2.24) is 4.98 Å². The maximum absolute atomic E-state index is 8.08. The van der Waals surface area contributed by atoms with Crippen LogP contribution >= 0.6 is 15.9 Å². The van der Waals surface area contributed by atoms with Crippen LogP contribution in [0.5, 0.6) is 0 Å². The van der Waals surface area contributed by atoms with Crippen molar-refractivity contribution in [1.29, 1.82) is 0 Å². The smallest absolute Gasteiger partial charge is 0.156 e. The molecule has 1 aliphatic rings. The van der Waals surface area contributed by atoms with Gasteiger partial charge in [0.15, 0.2) is 5.79 Å². The lowest BCUT2D eigenvalue weighted by Crippen LogP contribution is -2.15. The number of aromatic nitrogens is 1. The topological polar surface area (TPSA) is 79.4 Å². The minimum absolute atomic E-state index is 0.594. The number of nitrogens with two attached hydrogens (primary N) is 1. The molecule has 1 aliphatic carbocycles. The van der Waals surface area contributed by atoms with Crippen molar-refractivity contribution in [3.05, 3.63) is 34.3 Å². The van der Waals surface area contributed by atoms with Gasteiger partial charge in [-0.2, -0.15) is 0 Å². The molecule has 24 heavy (non-hydrogen) atoms. The fourth-order valence-electron chi connectivity index (χ4n) is 3.05. The van der Waals surface area contributed by atoms with Crippen LogP contribution in [0.25, 0.3) is 10.9 Å². The van der Waals surface area contributed by atoms with E-state index in [-0.39, 0.29) is 0 Å². The summed E-state index contributed by atoms with van der Waals surface area (Å²) in [6, 6.07) is 8.23. The number of hydrogen-bond acceptors (Lipinski definition) is 4. The van der Waals surface area contributed by atoms with Gasteiger partial charge in [0, 0.05) is 9.86 Å². The van der Waals surface area contributed by atoms with Crippen LogP contribution in [0.2, 0.25) is 0 Å². The Morgan fingerprint density at radius 1 is 1.21 bits per heavy atom. The lowest BCUT2D eigenvalue weighted by atomic mass is 9.97. The molecular weight excluding hydrogens is 368 g/mol. The fraction of sp³-hybridized carbons (Fsp3) is 0.526. The Morgan fingerprint density at radius 3 is 2.46 bits per heavy atom. The first-order chi connectivity index (χ1) is 11.2. The van der Waals surface area contributed by atoms with Crippen LogP contribution in [0.1, 0.15) is 51.5 Å². The molecule has 0 bridgehead atoms. The van der Waals surface area contributed by atoms with Crippen molar-refractivity contribution >= 4 is 32.7 Å². The van der Waals surface area contributed by atoms with E-state index in [4.69, 9.17) is 15.9 Å². The molecule has 0 unspecified atom stereocenters. The van der Waals surface area contributed by atoms with Gasteiger partial charge in [-0.1, -0.05) is 41.6 Å². The fourth-order valence-corrected chi connectivity index (χ4v) is 3.61. The molecule has 1 fully saturated rings. The normalized spacial score (nSPS) is 15.4. The minimum Gasteiger partial charge on any atom is -0.384 e. The molecule has 1 aromatic heterocycles. The van der Waals surface area contributed by atoms with E-state index in [1.807, 2.05) is 12.1 Å². The first-order valence-electron chi connectivity index (χ1n) is 8.52. The van der Waals surface area contributed by atoms with Gasteiger partial charge in [0.2, 0.25) is 0 Å². The Bertz CT molecular complexity index is 671. The zero-order chi connectivity index (χ0) is 17.7. The minimum atomic E-state index is -1.50. The summed E-state index contributed by atoms with van der Waals surface area (Å²) in [5.41, 5.74) is 8.13. The number of benzene rings is 1. The number of nitrogen functional groups attached to an aromatic ring is 1. The summed E-state index contributed by atoms with van der Waals surface area (Å²) in [5, 5.41) is 17.3. The summed E-state index contributed by atoms with van der Waals surface area (Å²) in [6.07, 6.45) is 8.10. The number of aliphatic hydroxyl groups is 2. The molecule has 4 nitrogen and oxygen atoms in total. The molecule has 4 N–H and O–H groups in total. The van der Waals surface area contributed by atoms with E-state index in [2.05, 4.69) is 33.0 Å². The quantitative estimate of drug-likeness (QED) is 0.673. The predicted molar refractivity (Wildman–Crippen MR) is 103 cm³/mol. The van der Waals surface area contributed by atoms with Crippen LogP contribution in [0.15, 0.2) is 28.7 Å². The Labute approximate surface area is 152 Å². The molecule has 0 spiro atoms. The third kappa shape index (κ3) is 6.38. The molecule has 0 aliphatic heterocycles. The molecule has 132 valence electrons. The van der Waals surface area contributed by atoms with E-state index in [1.165, 1.54) is 56.0 Å². The molecule has 1 saturated carbocycles. The second kappa shape index (κ2) is 8.28. The van der Waals surface area contributed by atoms with E-state index >= 15 is 0 Å². The van der Waals surface area contributed by atoms with E-state index in [0.29, 0.717) is 5.82 Å². The molecule has 0 saturated heterocycles. The zero-order valence-electron chi connectivity index (χ0n) is 14.4. The van der Waals surface area contributed by atoms with Gasteiger partial charge in [-0.05, 0) is 62.4 Å². The molecule has 1 heterocycles. The standard InChI is InChI=1S/C16H19BrN2.C3H8O2/c17-14-9-13-7-8-16(18)19-15(13)10-12(14)6-5-11-3-1-2-4-11;1-3(2,4)5/h7-11H,1-6H2,(H2,18,19);4-5H,1-2H3. The summed E-state index contributed by atoms with van der Waals surface area (Å²) in [5.74, 6) is 0.0213. The van der Waals surface area contributed by atoms with Crippen molar-refractivity contribution in [2.24, 2.45) is 5.92 Å². The number of aryl methyl sites for hydroxylation is 1. The summed E-state index contributed by atoms with van der Waals surface area (Å²) in [4.78, 5) is 4.41. The van der Waals surface area contributed by atoms with E-state index in [0.717, 1.165) is 23.2 Å². The highest BCUT2D eigenvalue weighted by atomic mass is 79.9. The van der Waals surface area contributed by atoms with Crippen LogP contribution in [-0.2, 0) is 6.42 Å². The van der Waals surface area contributed by atoms with E-state index in [9.17, 15) is 0 Å². The highest BCUT2D eigenvalue weighted by Gasteiger charge is 2.15. The summed E-state index contributed by atoms with van der Waals surface area (Å²) < 4.78 is 1.20. The second-order valence-corrected chi connectivity index (χ2v) is 7.91. The van der Waals surface area contributed by atoms with Crippen molar-refractivity contribution < 1.29 is 10.2 Å². The monoisotopic (exact) mass is 394 g/mol. The van der Waals surface area contributed by atoms with Crippen LogP contribution in [0.4, 0.5) is 5.82 Å². The lowest BCUT2D eigenvalue weighted by molar-refractivity contribution is -0.127. The Morgan fingerprint density at radius 2 is 1.83 bits per heavy atom. The van der Waals surface area contributed by atoms with Gasteiger partial charge in [-0.15, -0.1) is 0 Å². The van der Waals surface area contributed by atoms with Crippen molar-refractivity contribution in [2.75, 3.05) is 5.73 Å². The summed E-state index contributed by atoms with van der Waals surface area (Å²) >= 11 is 3.69.